The minimum absolute atomic E-state index is 0.162. The topological polar surface area (TPSA) is 72.0 Å². The van der Waals surface area contributed by atoms with Crippen molar-refractivity contribution in [3.8, 4) is 0 Å². The van der Waals surface area contributed by atoms with Gasteiger partial charge in [0.15, 0.2) is 0 Å². The van der Waals surface area contributed by atoms with Crippen LogP contribution >= 0.6 is 11.5 Å². The molecular weight excluding hydrogens is 318 g/mol. The van der Waals surface area contributed by atoms with Crippen LogP contribution < -0.4 is 4.72 Å². The van der Waals surface area contributed by atoms with Gasteiger partial charge in [-0.3, -0.25) is 4.72 Å². The van der Waals surface area contributed by atoms with Crippen molar-refractivity contribution in [3.05, 3.63) is 48.3 Å². The molecule has 5 nitrogen and oxygen atoms in total. The predicted molar refractivity (Wildman–Crippen MR) is 88.8 cm³/mol. The predicted octanol–water partition coefficient (Wildman–Crippen LogP) is 3.62. The number of fused-ring (bicyclic) bond motifs is 1. The highest BCUT2D eigenvalue weighted by atomic mass is 32.2. The molecule has 0 amide bonds. The van der Waals surface area contributed by atoms with E-state index in [-0.39, 0.29) is 15.9 Å². The van der Waals surface area contributed by atoms with Crippen molar-refractivity contribution in [3.63, 3.8) is 0 Å². The molecule has 1 N–H and O–H groups in total. The Morgan fingerprint density at radius 2 is 1.82 bits per heavy atom. The third-order valence-electron chi connectivity index (χ3n) is 3.21. The van der Waals surface area contributed by atoms with E-state index >= 15 is 0 Å². The van der Waals surface area contributed by atoms with E-state index in [2.05, 4.69) is 14.1 Å². The van der Waals surface area contributed by atoms with Crippen LogP contribution in [0, 0.1) is 0 Å². The third kappa shape index (κ3) is 2.95. The van der Waals surface area contributed by atoms with Crippen LogP contribution in [0.4, 0.5) is 5.13 Å². The van der Waals surface area contributed by atoms with Crippen LogP contribution in [-0.4, -0.2) is 17.8 Å². The molecule has 0 radical (unpaired) electrons. The number of nitrogens with zero attached hydrogens (tertiary/aromatic N) is 2. The van der Waals surface area contributed by atoms with Crippen molar-refractivity contribution in [2.45, 2.75) is 24.7 Å². The van der Waals surface area contributed by atoms with Crippen LogP contribution in [-0.2, 0) is 10.0 Å². The molecule has 3 rings (SSSR count). The Bertz CT molecular complexity index is 917. The van der Waals surface area contributed by atoms with Crippen LogP contribution in [0.15, 0.2) is 47.4 Å². The first-order chi connectivity index (χ1) is 10.5. The largest absolute Gasteiger partial charge is 0.263 e. The second-order valence-electron chi connectivity index (χ2n) is 5.23. The Hall–Kier alpha value is -1.99. The van der Waals surface area contributed by atoms with Gasteiger partial charge in [0.05, 0.1) is 4.90 Å². The second-order valence-corrected chi connectivity index (χ2v) is 7.66. The van der Waals surface area contributed by atoms with Crippen LogP contribution in [0.5, 0.6) is 0 Å². The maximum Gasteiger partial charge on any atom is 0.263 e. The first-order valence-electron chi connectivity index (χ1n) is 6.81. The van der Waals surface area contributed by atoms with E-state index in [1.807, 2.05) is 38.1 Å². The van der Waals surface area contributed by atoms with E-state index in [0.29, 0.717) is 5.82 Å². The highest BCUT2D eigenvalue weighted by molar-refractivity contribution is 7.93. The molecule has 0 unspecified atom stereocenters. The molecule has 22 heavy (non-hydrogen) atoms. The van der Waals surface area contributed by atoms with Crippen molar-refractivity contribution in [1.29, 1.82) is 0 Å². The SMILES string of the molecule is CC(C)c1nsc(NS(=O)(=O)c2ccc3ccccc3c2)n1. The summed E-state index contributed by atoms with van der Waals surface area (Å²) in [5.41, 5.74) is 0. The van der Waals surface area contributed by atoms with E-state index in [1.165, 1.54) is 0 Å². The molecule has 0 aliphatic rings. The molecular formula is C15H15N3O2S2. The van der Waals surface area contributed by atoms with Crippen molar-refractivity contribution in [1.82, 2.24) is 9.36 Å². The van der Waals surface area contributed by atoms with Gasteiger partial charge in [-0.1, -0.05) is 44.2 Å². The van der Waals surface area contributed by atoms with Crippen molar-refractivity contribution < 1.29 is 8.42 Å². The first kappa shape index (κ1) is 14.9. The fourth-order valence-corrected chi connectivity index (χ4v) is 3.99. The highest BCUT2D eigenvalue weighted by Gasteiger charge is 2.17. The van der Waals surface area contributed by atoms with Gasteiger partial charge in [-0.25, -0.2) is 13.4 Å². The normalized spacial score (nSPS) is 12.0. The average Bonchev–Trinajstić information content (AvgIpc) is 2.95. The van der Waals surface area contributed by atoms with Crippen LogP contribution in [0.1, 0.15) is 25.6 Å². The minimum atomic E-state index is -3.66. The molecule has 0 aliphatic carbocycles. The van der Waals surface area contributed by atoms with E-state index in [0.717, 1.165) is 22.3 Å². The number of rotatable bonds is 4. The summed E-state index contributed by atoms with van der Waals surface area (Å²) in [7, 11) is -3.66. The molecule has 0 aliphatic heterocycles. The summed E-state index contributed by atoms with van der Waals surface area (Å²) in [5.74, 6) is 0.802. The summed E-state index contributed by atoms with van der Waals surface area (Å²) < 4.78 is 31.5. The Morgan fingerprint density at radius 3 is 2.50 bits per heavy atom. The number of nitrogens with one attached hydrogen (secondary N) is 1. The lowest BCUT2D eigenvalue weighted by Crippen LogP contribution is -2.12. The van der Waals surface area contributed by atoms with E-state index in [4.69, 9.17) is 0 Å². The van der Waals surface area contributed by atoms with Gasteiger partial charge >= 0.3 is 0 Å². The zero-order chi connectivity index (χ0) is 15.7. The molecule has 1 heterocycles. The highest BCUT2D eigenvalue weighted by Crippen LogP contribution is 2.23. The lowest BCUT2D eigenvalue weighted by Gasteiger charge is -2.06. The number of benzene rings is 2. The fraction of sp³-hybridized carbons (Fsp3) is 0.200. The minimum Gasteiger partial charge on any atom is -0.253 e. The summed E-state index contributed by atoms with van der Waals surface area (Å²) >= 11 is 1.05. The van der Waals surface area contributed by atoms with Crippen molar-refractivity contribution >= 4 is 37.5 Å². The number of hydrogen-bond donors (Lipinski definition) is 1. The molecule has 7 heteroatoms. The molecule has 3 aromatic rings. The van der Waals surface area contributed by atoms with Crippen LogP contribution in [0.25, 0.3) is 10.8 Å². The maximum atomic E-state index is 12.5. The van der Waals surface area contributed by atoms with E-state index < -0.39 is 10.0 Å². The number of aromatic nitrogens is 2. The quantitative estimate of drug-likeness (QED) is 0.791. The molecule has 0 spiro atoms. The molecule has 0 fully saturated rings. The smallest absolute Gasteiger partial charge is 0.253 e. The number of hydrogen-bond acceptors (Lipinski definition) is 5. The van der Waals surface area contributed by atoms with Gasteiger partial charge in [0.25, 0.3) is 10.0 Å². The summed E-state index contributed by atoms with van der Waals surface area (Å²) in [6.07, 6.45) is 0. The molecule has 0 atom stereocenters. The van der Waals surface area contributed by atoms with Gasteiger partial charge < -0.3 is 0 Å². The molecule has 2 aromatic carbocycles. The van der Waals surface area contributed by atoms with Gasteiger partial charge in [0.2, 0.25) is 5.13 Å². The van der Waals surface area contributed by atoms with Crippen molar-refractivity contribution in [2.75, 3.05) is 4.72 Å². The van der Waals surface area contributed by atoms with Crippen LogP contribution in [0.2, 0.25) is 0 Å². The lowest BCUT2D eigenvalue weighted by atomic mass is 10.1. The Labute approximate surface area is 133 Å². The van der Waals surface area contributed by atoms with Crippen LogP contribution in [0.3, 0.4) is 0 Å². The molecule has 0 bridgehead atoms. The van der Waals surface area contributed by atoms with Crippen molar-refractivity contribution in [2.24, 2.45) is 0 Å². The third-order valence-corrected chi connectivity index (χ3v) is 5.32. The maximum absolute atomic E-state index is 12.5. The standard InChI is InChI=1S/C15H15N3O2S2/c1-10(2)14-16-15(21-17-14)18-22(19,20)13-8-7-11-5-3-4-6-12(11)9-13/h3-10H,1-2H3,(H,16,17,18). The zero-order valence-corrected chi connectivity index (χ0v) is 13.8. The monoisotopic (exact) mass is 333 g/mol. The molecule has 1 aromatic heterocycles. The number of anilines is 1. The molecule has 0 saturated carbocycles. The zero-order valence-electron chi connectivity index (χ0n) is 12.1. The Morgan fingerprint density at radius 1 is 1.09 bits per heavy atom. The Kier molecular flexibility index (Phi) is 3.84. The first-order valence-corrected chi connectivity index (χ1v) is 9.06. The summed E-state index contributed by atoms with van der Waals surface area (Å²) in [4.78, 5) is 4.42. The van der Waals surface area contributed by atoms with E-state index in [9.17, 15) is 8.42 Å². The summed E-state index contributed by atoms with van der Waals surface area (Å²) in [6, 6.07) is 12.7. The molecule has 114 valence electrons. The van der Waals surface area contributed by atoms with Gasteiger partial charge in [0, 0.05) is 17.5 Å². The Balaban J connectivity index is 1.93. The molecule has 0 saturated heterocycles. The van der Waals surface area contributed by atoms with Gasteiger partial charge in [-0.05, 0) is 22.9 Å². The lowest BCUT2D eigenvalue weighted by molar-refractivity contribution is 0.601. The average molecular weight is 333 g/mol. The van der Waals surface area contributed by atoms with Gasteiger partial charge in [-0.2, -0.15) is 4.37 Å². The van der Waals surface area contributed by atoms with Gasteiger partial charge in [0.1, 0.15) is 5.82 Å². The van der Waals surface area contributed by atoms with Gasteiger partial charge in [-0.15, -0.1) is 0 Å². The number of sulfonamides is 1. The van der Waals surface area contributed by atoms with E-state index in [1.54, 1.807) is 18.2 Å². The fourth-order valence-electron chi connectivity index (χ4n) is 2.02. The summed E-state index contributed by atoms with van der Waals surface area (Å²) in [5, 5.41) is 2.17. The summed E-state index contributed by atoms with van der Waals surface area (Å²) in [6.45, 7) is 3.92. The second kappa shape index (κ2) is 5.66.